The van der Waals surface area contributed by atoms with Crippen LogP contribution in [0.3, 0.4) is 0 Å². The van der Waals surface area contributed by atoms with Crippen LogP contribution >= 0.6 is 0 Å². The lowest BCUT2D eigenvalue weighted by Gasteiger charge is -2.22. The first-order chi connectivity index (χ1) is 13.9. The predicted octanol–water partition coefficient (Wildman–Crippen LogP) is 3.21. The number of likely N-dealkylation sites (tertiary alicyclic amines) is 1. The molecule has 3 heterocycles. The molecule has 2 unspecified atom stereocenters. The normalized spacial score (nSPS) is 21.5. The molecule has 5 nitrogen and oxygen atoms in total. The van der Waals surface area contributed by atoms with E-state index < -0.39 is 11.7 Å². The molecule has 2 aliphatic heterocycles. The molecule has 2 aliphatic rings. The molecule has 2 aromatic rings. The number of nitrogens with zero attached hydrogens (tertiary/aromatic N) is 3. The summed E-state index contributed by atoms with van der Waals surface area (Å²) in [6.07, 6.45) is -3.50. The van der Waals surface area contributed by atoms with E-state index in [-0.39, 0.29) is 12.5 Å². The second kappa shape index (κ2) is 8.02. The average Bonchev–Trinajstić information content (AvgIpc) is 3.27. The lowest BCUT2D eigenvalue weighted by atomic mass is 10.0. The number of fused-ring (bicyclic) bond motifs is 1. The van der Waals surface area contributed by atoms with Crippen LogP contribution in [0.1, 0.15) is 11.1 Å². The van der Waals surface area contributed by atoms with Crippen LogP contribution in [-0.4, -0.2) is 48.6 Å². The van der Waals surface area contributed by atoms with Crippen LogP contribution in [0.15, 0.2) is 48.7 Å². The first-order valence-electron chi connectivity index (χ1n) is 9.58. The molecule has 0 radical (unpaired) electrons. The minimum atomic E-state index is -4.38. The second-order valence-electron chi connectivity index (χ2n) is 7.61. The van der Waals surface area contributed by atoms with E-state index in [2.05, 4.69) is 4.98 Å². The van der Waals surface area contributed by atoms with E-state index in [0.717, 1.165) is 17.8 Å². The molecule has 8 heteroatoms. The Hall–Kier alpha value is -2.61. The van der Waals surface area contributed by atoms with Gasteiger partial charge in [0.05, 0.1) is 12.2 Å². The predicted molar refractivity (Wildman–Crippen MR) is 101 cm³/mol. The minimum Gasteiger partial charge on any atom is -0.367 e. The van der Waals surface area contributed by atoms with Crippen molar-refractivity contribution in [1.29, 1.82) is 0 Å². The van der Waals surface area contributed by atoms with Gasteiger partial charge in [0, 0.05) is 44.2 Å². The molecular formula is C21H22F3N3O2. The van der Waals surface area contributed by atoms with Crippen LogP contribution in [0.25, 0.3) is 0 Å². The van der Waals surface area contributed by atoms with E-state index in [1.165, 1.54) is 6.07 Å². The maximum Gasteiger partial charge on any atom is 0.417 e. The SMILES string of the molecule is O=C(COCc1ccccc1)N1CC2CN(c3ccc(C(F)(F)F)cn3)CC2C1. The van der Waals surface area contributed by atoms with Crippen molar-refractivity contribution in [3.8, 4) is 0 Å². The van der Waals surface area contributed by atoms with Crippen molar-refractivity contribution < 1.29 is 22.7 Å². The Balaban J connectivity index is 1.26. The number of halogens is 3. The van der Waals surface area contributed by atoms with Gasteiger partial charge in [-0.15, -0.1) is 0 Å². The van der Waals surface area contributed by atoms with E-state index in [4.69, 9.17) is 4.74 Å². The van der Waals surface area contributed by atoms with E-state index in [1.807, 2.05) is 40.1 Å². The largest absolute Gasteiger partial charge is 0.417 e. The number of rotatable bonds is 5. The summed E-state index contributed by atoms with van der Waals surface area (Å²) in [7, 11) is 0. The number of aromatic nitrogens is 1. The minimum absolute atomic E-state index is 0.0189. The third kappa shape index (κ3) is 4.53. The highest BCUT2D eigenvalue weighted by molar-refractivity contribution is 5.77. The fourth-order valence-corrected chi connectivity index (χ4v) is 4.05. The van der Waals surface area contributed by atoms with Crippen molar-refractivity contribution >= 4 is 11.7 Å². The molecule has 154 valence electrons. The van der Waals surface area contributed by atoms with Gasteiger partial charge >= 0.3 is 6.18 Å². The van der Waals surface area contributed by atoms with Gasteiger partial charge in [-0.1, -0.05) is 30.3 Å². The van der Waals surface area contributed by atoms with Gasteiger partial charge < -0.3 is 14.5 Å². The molecule has 0 bridgehead atoms. The summed E-state index contributed by atoms with van der Waals surface area (Å²) in [6, 6.07) is 12.2. The smallest absolute Gasteiger partial charge is 0.367 e. The maximum absolute atomic E-state index is 12.7. The number of anilines is 1. The summed E-state index contributed by atoms with van der Waals surface area (Å²) in [5.74, 6) is 1.14. The topological polar surface area (TPSA) is 45.7 Å². The summed E-state index contributed by atoms with van der Waals surface area (Å²) < 4.78 is 43.6. The molecule has 2 fully saturated rings. The lowest BCUT2D eigenvalue weighted by molar-refractivity contribution is -0.138. The van der Waals surface area contributed by atoms with Crippen LogP contribution in [0, 0.1) is 11.8 Å². The number of hydrogen-bond donors (Lipinski definition) is 0. The van der Waals surface area contributed by atoms with Crippen molar-refractivity contribution in [1.82, 2.24) is 9.88 Å². The summed E-state index contributed by atoms with van der Waals surface area (Å²) in [6.45, 7) is 3.14. The molecule has 29 heavy (non-hydrogen) atoms. The number of alkyl halides is 3. The molecule has 0 spiro atoms. The Bertz CT molecular complexity index is 828. The van der Waals surface area contributed by atoms with Gasteiger partial charge in [-0.05, 0) is 17.7 Å². The van der Waals surface area contributed by atoms with Gasteiger partial charge in [-0.2, -0.15) is 13.2 Å². The molecule has 2 saturated heterocycles. The van der Waals surface area contributed by atoms with Gasteiger partial charge in [0.1, 0.15) is 12.4 Å². The number of benzene rings is 1. The Morgan fingerprint density at radius 2 is 1.72 bits per heavy atom. The van der Waals surface area contributed by atoms with Gasteiger partial charge in [0.25, 0.3) is 0 Å². The van der Waals surface area contributed by atoms with Gasteiger partial charge in [0.15, 0.2) is 0 Å². The first-order valence-corrected chi connectivity index (χ1v) is 9.58. The van der Waals surface area contributed by atoms with Gasteiger partial charge in [0.2, 0.25) is 5.91 Å². The fourth-order valence-electron chi connectivity index (χ4n) is 4.05. The molecule has 1 aromatic carbocycles. The molecule has 0 N–H and O–H groups in total. The molecule has 1 amide bonds. The summed E-state index contributed by atoms with van der Waals surface area (Å²) >= 11 is 0. The lowest BCUT2D eigenvalue weighted by Crippen LogP contribution is -2.35. The second-order valence-corrected chi connectivity index (χ2v) is 7.61. The van der Waals surface area contributed by atoms with E-state index in [9.17, 15) is 18.0 Å². The Labute approximate surface area is 167 Å². The van der Waals surface area contributed by atoms with Crippen LogP contribution in [0.2, 0.25) is 0 Å². The van der Waals surface area contributed by atoms with Crippen LogP contribution < -0.4 is 4.90 Å². The Kier molecular flexibility index (Phi) is 5.45. The highest BCUT2D eigenvalue weighted by atomic mass is 19.4. The number of carbonyl (C=O) groups excluding carboxylic acids is 1. The number of pyridine rings is 1. The number of ether oxygens (including phenoxy) is 1. The standard InChI is InChI=1S/C21H22F3N3O2/c22-21(23,24)18-6-7-19(25-8-18)26-9-16-11-27(12-17(16)10-26)20(28)14-29-13-15-4-2-1-3-5-15/h1-8,16-17H,9-14H2. The molecule has 4 rings (SSSR count). The van der Waals surface area contributed by atoms with Gasteiger partial charge in [-0.25, -0.2) is 4.98 Å². The van der Waals surface area contributed by atoms with Crippen LogP contribution in [0.4, 0.5) is 19.0 Å². The van der Waals surface area contributed by atoms with Crippen LogP contribution in [0.5, 0.6) is 0 Å². The zero-order valence-electron chi connectivity index (χ0n) is 15.8. The van der Waals surface area contributed by atoms with Gasteiger partial charge in [-0.3, -0.25) is 4.79 Å². The van der Waals surface area contributed by atoms with Crippen molar-refractivity contribution in [3.63, 3.8) is 0 Å². The monoisotopic (exact) mass is 405 g/mol. The Morgan fingerprint density at radius 3 is 2.31 bits per heavy atom. The van der Waals surface area contributed by atoms with Crippen LogP contribution in [-0.2, 0) is 22.3 Å². The highest BCUT2D eigenvalue weighted by Gasteiger charge is 2.42. The van der Waals surface area contributed by atoms with E-state index >= 15 is 0 Å². The third-order valence-electron chi connectivity index (χ3n) is 5.58. The van der Waals surface area contributed by atoms with E-state index in [0.29, 0.717) is 50.4 Å². The maximum atomic E-state index is 12.7. The Morgan fingerprint density at radius 1 is 1.03 bits per heavy atom. The molecule has 1 aromatic heterocycles. The summed E-state index contributed by atoms with van der Waals surface area (Å²) in [4.78, 5) is 20.2. The van der Waals surface area contributed by atoms with E-state index in [1.54, 1.807) is 0 Å². The fraction of sp³-hybridized carbons (Fsp3) is 0.429. The third-order valence-corrected chi connectivity index (χ3v) is 5.58. The highest BCUT2D eigenvalue weighted by Crippen LogP contribution is 2.34. The molecule has 0 aliphatic carbocycles. The number of amides is 1. The summed E-state index contributed by atoms with van der Waals surface area (Å²) in [5.41, 5.74) is 0.284. The molecule has 0 saturated carbocycles. The average molecular weight is 405 g/mol. The number of carbonyl (C=O) groups is 1. The van der Waals surface area contributed by atoms with Crippen molar-refractivity contribution in [2.45, 2.75) is 12.8 Å². The molecular weight excluding hydrogens is 383 g/mol. The van der Waals surface area contributed by atoms with Crippen molar-refractivity contribution in [3.05, 3.63) is 59.8 Å². The van der Waals surface area contributed by atoms with Crippen molar-refractivity contribution in [2.24, 2.45) is 11.8 Å². The zero-order valence-corrected chi connectivity index (χ0v) is 15.8. The zero-order chi connectivity index (χ0) is 20.4. The quantitative estimate of drug-likeness (QED) is 0.767. The first kappa shape index (κ1) is 19.7. The van der Waals surface area contributed by atoms with Crippen molar-refractivity contribution in [2.75, 3.05) is 37.7 Å². The summed E-state index contributed by atoms with van der Waals surface area (Å²) in [5, 5.41) is 0. The number of hydrogen-bond acceptors (Lipinski definition) is 4. The molecule has 2 atom stereocenters.